The van der Waals surface area contributed by atoms with E-state index in [1.807, 2.05) is 0 Å². The van der Waals surface area contributed by atoms with Gasteiger partial charge in [-0.25, -0.2) is 5.10 Å². The third-order valence-electron chi connectivity index (χ3n) is 3.19. The predicted molar refractivity (Wildman–Crippen MR) is 65.3 cm³/mol. The lowest BCUT2D eigenvalue weighted by molar-refractivity contribution is 0.0824. The molecule has 6 heteroatoms. The van der Waals surface area contributed by atoms with Crippen LogP contribution in [0.3, 0.4) is 0 Å². The van der Waals surface area contributed by atoms with Gasteiger partial charge in [-0.1, -0.05) is 6.92 Å². The number of nitrogens with zero attached hydrogens (tertiary/aromatic N) is 1. The zero-order valence-electron chi connectivity index (χ0n) is 10.3. The van der Waals surface area contributed by atoms with Gasteiger partial charge in [0.15, 0.2) is 0 Å². The quantitative estimate of drug-likeness (QED) is 0.807. The van der Waals surface area contributed by atoms with Crippen molar-refractivity contribution in [2.24, 2.45) is 5.92 Å². The molecule has 2 heterocycles. The van der Waals surface area contributed by atoms with E-state index in [9.17, 15) is 9.59 Å². The normalized spacial score (nSPS) is 22.9. The zero-order chi connectivity index (χ0) is 13.0. The third-order valence-corrected chi connectivity index (χ3v) is 3.19. The summed E-state index contributed by atoms with van der Waals surface area (Å²) in [6.07, 6.45) is 2.16. The van der Waals surface area contributed by atoms with Gasteiger partial charge >= 0.3 is 0 Å². The summed E-state index contributed by atoms with van der Waals surface area (Å²) in [5.74, 6) is 0.0923. The highest BCUT2D eigenvalue weighted by Crippen LogP contribution is 2.22. The Labute approximate surface area is 105 Å². The summed E-state index contributed by atoms with van der Waals surface area (Å²) in [7, 11) is 0. The Morgan fingerprint density at radius 1 is 1.61 bits per heavy atom. The van der Waals surface area contributed by atoms with Crippen molar-refractivity contribution in [2.75, 3.05) is 13.2 Å². The summed E-state index contributed by atoms with van der Waals surface area (Å²) >= 11 is 0. The van der Waals surface area contributed by atoms with E-state index in [-0.39, 0.29) is 23.3 Å². The lowest BCUT2D eigenvalue weighted by Crippen LogP contribution is -2.33. The maximum atomic E-state index is 11.8. The molecule has 1 aliphatic rings. The van der Waals surface area contributed by atoms with Crippen LogP contribution in [0.15, 0.2) is 16.9 Å². The molecule has 6 nitrogen and oxygen atoms in total. The molecule has 1 aromatic heterocycles. The molecule has 1 amide bonds. The fourth-order valence-electron chi connectivity index (χ4n) is 2.16. The van der Waals surface area contributed by atoms with E-state index in [0.29, 0.717) is 12.5 Å². The number of aromatic nitrogens is 2. The Bertz CT molecular complexity index is 451. The summed E-state index contributed by atoms with van der Waals surface area (Å²) in [6, 6.07) is 2.70. The maximum absolute atomic E-state index is 11.8. The first kappa shape index (κ1) is 12.8. The van der Waals surface area contributed by atoms with Crippen molar-refractivity contribution in [1.82, 2.24) is 15.5 Å². The van der Waals surface area contributed by atoms with Crippen LogP contribution in [0.25, 0.3) is 0 Å². The van der Waals surface area contributed by atoms with E-state index < -0.39 is 0 Å². The van der Waals surface area contributed by atoms with Crippen LogP contribution in [0.1, 0.15) is 30.3 Å². The largest absolute Gasteiger partial charge is 0.378 e. The van der Waals surface area contributed by atoms with Gasteiger partial charge in [0.1, 0.15) is 5.69 Å². The molecule has 0 radical (unpaired) electrons. The fraction of sp³-hybridized carbons (Fsp3) is 0.583. The number of carbonyl (C=O) groups excluding carboxylic acids is 1. The molecule has 1 aromatic rings. The van der Waals surface area contributed by atoms with Crippen LogP contribution < -0.4 is 10.9 Å². The molecule has 2 unspecified atom stereocenters. The van der Waals surface area contributed by atoms with Gasteiger partial charge in [-0.3, -0.25) is 9.59 Å². The summed E-state index contributed by atoms with van der Waals surface area (Å²) in [5.41, 5.74) is -0.0941. The second-order valence-corrected chi connectivity index (χ2v) is 4.38. The molecule has 1 fully saturated rings. The molecule has 2 atom stereocenters. The Morgan fingerprint density at radius 2 is 2.44 bits per heavy atom. The topological polar surface area (TPSA) is 84.1 Å². The summed E-state index contributed by atoms with van der Waals surface area (Å²) in [6.45, 7) is 3.42. The molecule has 2 N–H and O–H groups in total. The van der Waals surface area contributed by atoms with E-state index in [1.54, 1.807) is 0 Å². The van der Waals surface area contributed by atoms with Crippen LogP contribution in [0, 0.1) is 5.92 Å². The van der Waals surface area contributed by atoms with E-state index in [0.717, 1.165) is 19.4 Å². The van der Waals surface area contributed by atoms with Crippen molar-refractivity contribution in [1.29, 1.82) is 0 Å². The van der Waals surface area contributed by atoms with Gasteiger partial charge in [0, 0.05) is 25.1 Å². The lowest BCUT2D eigenvalue weighted by Gasteiger charge is -2.16. The number of amides is 1. The van der Waals surface area contributed by atoms with Crippen LogP contribution in [0.5, 0.6) is 0 Å². The second kappa shape index (κ2) is 5.77. The highest BCUT2D eigenvalue weighted by atomic mass is 16.5. The summed E-state index contributed by atoms with van der Waals surface area (Å²) in [4.78, 5) is 22.6. The molecule has 18 heavy (non-hydrogen) atoms. The molecule has 1 aliphatic heterocycles. The van der Waals surface area contributed by atoms with Crippen LogP contribution in [0.4, 0.5) is 0 Å². The molecular weight excluding hydrogens is 234 g/mol. The van der Waals surface area contributed by atoms with Crippen molar-refractivity contribution in [3.8, 4) is 0 Å². The Kier molecular flexibility index (Phi) is 4.09. The van der Waals surface area contributed by atoms with Gasteiger partial charge in [0.05, 0.1) is 6.10 Å². The van der Waals surface area contributed by atoms with Gasteiger partial charge in [0.2, 0.25) is 0 Å². The summed E-state index contributed by atoms with van der Waals surface area (Å²) in [5, 5.41) is 8.74. The number of hydrogen-bond donors (Lipinski definition) is 2. The van der Waals surface area contributed by atoms with Crippen molar-refractivity contribution < 1.29 is 9.53 Å². The van der Waals surface area contributed by atoms with Gasteiger partial charge in [-0.15, -0.1) is 0 Å². The average Bonchev–Trinajstić information content (AvgIpc) is 2.84. The number of aromatic amines is 1. The second-order valence-electron chi connectivity index (χ2n) is 4.38. The molecule has 1 saturated heterocycles. The van der Waals surface area contributed by atoms with Gasteiger partial charge < -0.3 is 10.1 Å². The minimum absolute atomic E-state index is 0.224. The van der Waals surface area contributed by atoms with E-state index >= 15 is 0 Å². The SMILES string of the molecule is CCC1OCCC1CNC(=O)c1ccc(=O)[nH]n1. The minimum Gasteiger partial charge on any atom is -0.378 e. The highest BCUT2D eigenvalue weighted by Gasteiger charge is 2.27. The Hall–Kier alpha value is -1.69. The van der Waals surface area contributed by atoms with Gasteiger partial charge in [-0.05, 0) is 18.9 Å². The Balaban J connectivity index is 1.88. The number of rotatable bonds is 4. The molecule has 0 aliphatic carbocycles. The van der Waals surface area contributed by atoms with E-state index in [4.69, 9.17) is 4.74 Å². The van der Waals surface area contributed by atoms with E-state index in [1.165, 1.54) is 12.1 Å². The first-order valence-corrected chi connectivity index (χ1v) is 6.16. The predicted octanol–water partition coefficient (Wildman–Crippen LogP) is 0.315. The lowest BCUT2D eigenvalue weighted by atomic mass is 10.00. The van der Waals surface area contributed by atoms with Crippen molar-refractivity contribution in [2.45, 2.75) is 25.9 Å². The monoisotopic (exact) mass is 251 g/mol. The average molecular weight is 251 g/mol. The maximum Gasteiger partial charge on any atom is 0.271 e. The fourth-order valence-corrected chi connectivity index (χ4v) is 2.16. The van der Waals surface area contributed by atoms with Crippen LogP contribution >= 0.6 is 0 Å². The van der Waals surface area contributed by atoms with Crippen molar-refractivity contribution in [3.05, 3.63) is 28.2 Å². The Morgan fingerprint density at radius 3 is 3.11 bits per heavy atom. The number of carbonyl (C=O) groups is 1. The molecular formula is C12H17N3O3. The van der Waals surface area contributed by atoms with Crippen LogP contribution in [-0.4, -0.2) is 35.4 Å². The number of hydrogen-bond acceptors (Lipinski definition) is 4. The molecule has 0 spiro atoms. The number of H-pyrrole nitrogens is 1. The molecule has 98 valence electrons. The molecule has 0 saturated carbocycles. The first-order valence-electron chi connectivity index (χ1n) is 6.16. The van der Waals surface area contributed by atoms with E-state index in [2.05, 4.69) is 22.4 Å². The third kappa shape index (κ3) is 2.95. The van der Waals surface area contributed by atoms with Gasteiger partial charge in [0.25, 0.3) is 11.5 Å². The molecule has 2 rings (SSSR count). The first-order chi connectivity index (χ1) is 8.70. The smallest absolute Gasteiger partial charge is 0.271 e. The van der Waals surface area contributed by atoms with Crippen LogP contribution in [-0.2, 0) is 4.74 Å². The molecule has 0 aromatic carbocycles. The standard InChI is InChI=1S/C12H17N3O3/c1-2-10-8(5-6-18-10)7-13-12(17)9-3-4-11(16)15-14-9/h3-4,8,10H,2,5-7H2,1H3,(H,13,17)(H,15,16). The van der Waals surface area contributed by atoms with Gasteiger partial charge in [-0.2, -0.15) is 5.10 Å². The highest BCUT2D eigenvalue weighted by molar-refractivity contribution is 5.91. The van der Waals surface area contributed by atoms with Crippen molar-refractivity contribution in [3.63, 3.8) is 0 Å². The number of nitrogens with one attached hydrogen (secondary N) is 2. The zero-order valence-corrected chi connectivity index (χ0v) is 10.3. The minimum atomic E-state index is -0.318. The summed E-state index contributed by atoms with van der Waals surface area (Å²) < 4.78 is 5.55. The van der Waals surface area contributed by atoms with Crippen LogP contribution in [0.2, 0.25) is 0 Å². The van der Waals surface area contributed by atoms with Crippen molar-refractivity contribution >= 4 is 5.91 Å². The molecule has 0 bridgehead atoms. The number of ether oxygens (including phenoxy) is 1.